The molecule has 11 N–H and O–H groups in total. The molecule has 3 saturated heterocycles. The minimum Gasteiger partial charge on any atom is -0.508 e. The summed E-state index contributed by atoms with van der Waals surface area (Å²) in [5.41, 5.74) is -3.34. The quantitative estimate of drug-likeness (QED) is 0.103. The van der Waals surface area contributed by atoms with E-state index in [1.54, 1.807) is 0 Å². The first-order valence-corrected chi connectivity index (χ1v) is 15.7. The predicted octanol–water partition coefficient (Wildman–Crippen LogP) is -3.28. The van der Waals surface area contributed by atoms with Crippen molar-refractivity contribution >= 4 is 11.0 Å². The monoisotopic (exact) mass is 726 g/mol. The second-order valence-electron chi connectivity index (χ2n) is 12.6. The maximum atomic E-state index is 14.1. The molecule has 19 nitrogen and oxygen atoms in total. The molecule has 13 atom stereocenters. The van der Waals surface area contributed by atoms with Crippen LogP contribution in [0.5, 0.6) is 23.0 Å². The summed E-state index contributed by atoms with van der Waals surface area (Å²) in [5.74, 6) is -2.06. The summed E-state index contributed by atoms with van der Waals surface area (Å²) in [6.07, 6.45) is -19.7. The van der Waals surface area contributed by atoms with Crippen LogP contribution in [0.1, 0.15) is 6.92 Å². The Morgan fingerprint density at radius 2 is 1.55 bits per heavy atom. The van der Waals surface area contributed by atoms with E-state index >= 15 is 0 Å². The van der Waals surface area contributed by atoms with Gasteiger partial charge in [-0.2, -0.15) is 0 Å². The van der Waals surface area contributed by atoms with E-state index in [0.29, 0.717) is 0 Å². The Hall–Kier alpha value is -3.67. The Labute approximate surface area is 287 Å². The highest BCUT2D eigenvalue weighted by molar-refractivity contribution is 5.88. The van der Waals surface area contributed by atoms with E-state index in [-0.39, 0.29) is 28.4 Å². The van der Waals surface area contributed by atoms with Crippen molar-refractivity contribution < 1.29 is 89.0 Å². The number of phenolic OH excluding ortho intramolecular Hbond substituents is 2. The largest absolute Gasteiger partial charge is 0.508 e. The average Bonchev–Trinajstić information content (AvgIpc) is 3.39. The van der Waals surface area contributed by atoms with Gasteiger partial charge in [-0.1, -0.05) is 0 Å². The molecule has 51 heavy (non-hydrogen) atoms. The van der Waals surface area contributed by atoms with Gasteiger partial charge in [0.25, 0.3) is 0 Å². The molecule has 0 unspecified atom stereocenters. The molecule has 3 aliphatic heterocycles. The Morgan fingerprint density at radius 1 is 0.843 bits per heavy atom. The van der Waals surface area contributed by atoms with Crippen LogP contribution in [-0.2, 0) is 18.9 Å². The molecule has 19 heteroatoms. The smallest absolute Gasteiger partial charge is 0.239 e. The van der Waals surface area contributed by atoms with Gasteiger partial charge in [0.15, 0.2) is 18.2 Å². The van der Waals surface area contributed by atoms with E-state index in [9.17, 15) is 61.0 Å². The average molecular weight is 727 g/mol. The first kappa shape index (κ1) is 37.1. The van der Waals surface area contributed by atoms with Crippen molar-refractivity contribution in [3.63, 3.8) is 0 Å². The van der Waals surface area contributed by atoms with Crippen LogP contribution < -0.4 is 14.9 Å². The van der Waals surface area contributed by atoms with Crippen molar-refractivity contribution in [1.82, 2.24) is 0 Å². The molecular weight excluding hydrogens is 688 g/mol. The molecule has 0 aliphatic carbocycles. The number of rotatable bonds is 9. The molecule has 3 aromatic rings. The lowest BCUT2D eigenvalue weighted by atomic mass is 9.98. The molecule has 1 aromatic heterocycles. The third kappa shape index (κ3) is 6.84. The predicted molar refractivity (Wildman–Crippen MR) is 165 cm³/mol. The summed E-state index contributed by atoms with van der Waals surface area (Å²) < 4.78 is 39.7. The van der Waals surface area contributed by atoms with Gasteiger partial charge in [-0.3, -0.25) is 4.79 Å². The van der Waals surface area contributed by atoms with Crippen molar-refractivity contribution in [3.05, 3.63) is 46.6 Å². The number of aliphatic hydroxyl groups is 9. The highest BCUT2D eigenvalue weighted by Crippen LogP contribution is 2.39. The third-order valence-corrected chi connectivity index (χ3v) is 9.03. The van der Waals surface area contributed by atoms with Crippen LogP contribution in [-0.4, -0.2) is 155 Å². The van der Waals surface area contributed by atoms with Crippen LogP contribution in [0.3, 0.4) is 0 Å². The molecule has 3 aliphatic rings. The van der Waals surface area contributed by atoms with Crippen LogP contribution in [0.25, 0.3) is 22.3 Å². The topological polar surface area (TPSA) is 308 Å². The van der Waals surface area contributed by atoms with Gasteiger partial charge in [0.1, 0.15) is 76.5 Å². The Balaban J connectivity index is 1.41. The van der Waals surface area contributed by atoms with Crippen LogP contribution in [0.2, 0.25) is 0 Å². The van der Waals surface area contributed by atoms with Gasteiger partial charge in [-0.15, -0.1) is 0 Å². The lowest BCUT2D eigenvalue weighted by Crippen LogP contribution is -2.62. The Morgan fingerprint density at radius 3 is 2.20 bits per heavy atom. The van der Waals surface area contributed by atoms with Crippen molar-refractivity contribution in [1.29, 1.82) is 0 Å². The molecule has 280 valence electrons. The first-order chi connectivity index (χ1) is 24.2. The minimum absolute atomic E-state index is 0.125. The molecule has 2 aromatic carbocycles. The van der Waals surface area contributed by atoms with Gasteiger partial charge in [0, 0.05) is 17.7 Å². The zero-order valence-corrected chi connectivity index (χ0v) is 26.7. The molecule has 0 radical (unpaired) electrons. The van der Waals surface area contributed by atoms with Gasteiger partial charge in [-0.25, -0.2) is 0 Å². The van der Waals surface area contributed by atoms with E-state index in [2.05, 4.69) is 0 Å². The van der Waals surface area contributed by atoms with E-state index in [1.165, 1.54) is 31.2 Å². The van der Waals surface area contributed by atoms with Crippen molar-refractivity contribution in [2.75, 3.05) is 19.8 Å². The number of fused-ring (bicyclic) bond motifs is 1. The summed E-state index contributed by atoms with van der Waals surface area (Å²) in [5, 5.41) is 113. The lowest BCUT2D eigenvalue weighted by molar-refractivity contribution is -0.319. The summed E-state index contributed by atoms with van der Waals surface area (Å²) in [4.78, 5) is 14.1. The maximum absolute atomic E-state index is 14.1. The minimum atomic E-state index is -2.14. The molecule has 3 fully saturated rings. The second kappa shape index (κ2) is 14.4. The molecule has 0 amide bonds. The molecular formula is C32H38O19. The SMILES string of the molecule is C[C@@H]1O[C@@H](Oc2cc(O)c3c(=O)c(O[C@@H]4O[C@H](CO)[C@@H](O)[C@H](O)[C@H]4O[C@@H]4OC[C@](O)(CO)[C@H]4O)c(-c4ccc(O)cc4)oc3c2)[C@H](O)[C@H](O)[C@H]1O. The van der Waals surface area contributed by atoms with Gasteiger partial charge < -0.3 is 89.0 Å². The molecule has 6 rings (SSSR count). The van der Waals surface area contributed by atoms with Crippen LogP contribution in [0, 0.1) is 0 Å². The summed E-state index contributed by atoms with van der Waals surface area (Å²) in [7, 11) is 0. The maximum Gasteiger partial charge on any atom is 0.239 e. The fourth-order valence-electron chi connectivity index (χ4n) is 5.96. The first-order valence-electron chi connectivity index (χ1n) is 15.7. The number of benzene rings is 2. The van der Waals surface area contributed by atoms with Gasteiger partial charge in [0.05, 0.1) is 25.9 Å². The molecule has 4 heterocycles. The van der Waals surface area contributed by atoms with Crippen LogP contribution >= 0.6 is 0 Å². The standard InChI is InChI=1S/C32H38O19/c1-11-19(37)22(40)24(42)29(46-11)47-14-6-15(36)18-16(7-14)48-25(12-2-4-13(35)5-3-12)26(21(18)39)50-30-27(23(41)20(38)17(8-33)49-30)51-31-28(43)32(44,9-34)10-45-31/h2-7,11,17,19-20,22-24,27-31,33-38,40-44H,8-10H2,1H3/t11-,17+,19-,20+,22+,23-,24+,27+,28-,29-,30-,31-,32+/m0/s1. The second-order valence-corrected chi connectivity index (χ2v) is 12.6. The van der Waals surface area contributed by atoms with E-state index in [0.717, 1.165) is 12.1 Å². The molecule has 0 bridgehead atoms. The number of aromatic hydroxyl groups is 2. The van der Waals surface area contributed by atoms with E-state index in [1.807, 2.05) is 0 Å². The number of ether oxygens (including phenoxy) is 6. The molecule has 0 spiro atoms. The van der Waals surface area contributed by atoms with Gasteiger partial charge >= 0.3 is 0 Å². The Kier molecular flexibility index (Phi) is 10.5. The zero-order chi connectivity index (χ0) is 36.9. The highest BCUT2D eigenvalue weighted by Gasteiger charge is 2.54. The van der Waals surface area contributed by atoms with Crippen molar-refractivity contribution in [2.45, 2.75) is 86.3 Å². The van der Waals surface area contributed by atoms with Crippen molar-refractivity contribution in [3.8, 4) is 34.3 Å². The Bertz CT molecular complexity index is 1750. The normalized spacial score (nSPS) is 37.1. The number of aliphatic hydroxyl groups excluding tert-OH is 8. The van der Waals surface area contributed by atoms with Gasteiger partial charge in [-0.05, 0) is 31.2 Å². The van der Waals surface area contributed by atoms with E-state index in [4.69, 9.17) is 32.8 Å². The summed E-state index contributed by atoms with van der Waals surface area (Å²) in [6, 6.07) is 7.35. The van der Waals surface area contributed by atoms with E-state index < -0.39 is 122 Å². The summed E-state index contributed by atoms with van der Waals surface area (Å²) >= 11 is 0. The number of phenols is 2. The number of hydrogen-bond donors (Lipinski definition) is 11. The fraction of sp³-hybridized carbons (Fsp3) is 0.531. The van der Waals surface area contributed by atoms with Crippen LogP contribution in [0.4, 0.5) is 0 Å². The lowest BCUT2D eigenvalue weighted by Gasteiger charge is -2.42. The zero-order valence-electron chi connectivity index (χ0n) is 26.7. The highest BCUT2D eigenvalue weighted by atomic mass is 16.8. The van der Waals surface area contributed by atoms with Gasteiger partial charge in [0.2, 0.25) is 23.8 Å². The molecule has 0 saturated carbocycles. The summed E-state index contributed by atoms with van der Waals surface area (Å²) in [6.45, 7) is -0.906. The number of hydrogen-bond acceptors (Lipinski definition) is 19. The third-order valence-electron chi connectivity index (χ3n) is 9.03. The fourth-order valence-corrected chi connectivity index (χ4v) is 5.96. The van der Waals surface area contributed by atoms with Crippen molar-refractivity contribution in [2.24, 2.45) is 0 Å². The van der Waals surface area contributed by atoms with Crippen LogP contribution in [0.15, 0.2) is 45.6 Å².